The molecular formula is C19H15F2N3S. The van der Waals surface area contributed by atoms with E-state index in [2.05, 4.69) is 14.3 Å². The number of hydrogen-bond acceptors (Lipinski definition) is 4. The van der Waals surface area contributed by atoms with Crippen molar-refractivity contribution in [2.24, 2.45) is 0 Å². The smallest absolute Gasteiger partial charge is 0.213 e. The molecule has 1 aliphatic heterocycles. The second kappa shape index (κ2) is 5.33. The van der Waals surface area contributed by atoms with Crippen LogP contribution < -0.4 is 4.90 Å². The van der Waals surface area contributed by atoms with Gasteiger partial charge in [-0.15, -0.1) is 0 Å². The van der Waals surface area contributed by atoms with E-state index in [0.717, 1.165) is 29.7 Å². The molecule has 2 aliphatic rings. The predicted molar refractivity (Wildman–Crippen MR) is 94.4 cm³/mol. The molecule has 0 radical (unpaired) electrons. The van der Waals surface area contributed by atoms with E-state index in [1.165, 1.54) is 22.6 Å². The van der Waals surface area contributed by atoms with Crippen LogP contribution in [0.4, 0.5) is 19.5 Å². The zero-order chi connectivity index (χ0) is 17.1. The first-order valence-corrected chi connectivity index (χ1v) is 9.08. The van der Waals surface area contributed by atoms with Gasteiger partial charge >= 0.3 is 0 Å². The first-order valence-electron chi connectivity index (χ1n) is 8.30. The number of fused-ring (bicyclic) bond motifs is 2. The van der Waals surface area contributed by atoms with Crippen molar-refractivity contribution in [3.05, 3.63) is 59.0 Å². The van der Waals surface area contributed by atoms with Crippen LogP contribution in [-0.2, 0) is 6.42 Å². The van der Waals surface area contributed by atoms with Gasteiger partial charge in [0.25, 0.3) is 0 Å². The predicted octanol–water partition coefficient (Wildman–Crippen LogP) is 5.00. The van der Waals surface area contributed by atoms with Crippen molar-refractivity contribution in [1.29, 1.82) is 0 Å². The zero-order valence-electron chi connectivity index (χ0n) is 13.6. The van der Waals surface area contributed by atoms with Crippen LogP contribution in [0.2, 0.25) is 0 Å². The lowest BCUT2D eigenvalue weighted by atomic mass is 9.95. The number of anilines is 2. The fraction of sp³-hybridized carbons (Fsp3) is 0.263. The van der Waals surface area contributed by atoms with Gasteiger partial charge in [-0.1, -0.05) is 0 Å². The number of pyridine rings is 1. The zero-order valence-corrected chi connectivity index (χ0v) is 14.4. The molecule has 6 heteroatoms. The molecule has 1 aliphatic carbocycles. The molecular weight excluding hydrogens is 340 g/mol. The molecule has 25 heavy (non-hydrogen) atoms. The standard InChI is InChI=1S/C19H15F2N3S/c1-10-14(4-5-18(21)23-10)15-8-17-11(7-16(15)20)6-12-9-22-25-19(12)24(17)13-2-3-13/h4-5,7-9,13H,2-3,6H2,1H3. The van der Waals surface area contributed by atoms with E-state index in [1.54, 1.807) is 19.1 Å². The minimum atomic E-state index is -0.548. The SMILES string of the molecule is Cc1nc(F)ccc1-c1cc2c(cc1F)Cc1cnsc1N2C1CC1. The molecule has 0 unspecified atom stereocenters. The second-order valence-corrected chi connectivity index (χ2v) is 7.44. The molecule has 0 bridgehead atoms. The molecule has 126 valence electrons. The quantitative estimate of drug-likeness (QED) is 0.606. The Kier molecular flexibility index (Phi) is 3.19. The Bertz CT molecular complexity index is 994. The van der Waals surface area contributed by atoms with Gasteiger partial charge in [0.15, 0.2) is 0 Å². The average Bonchev–Trinajstić information content (AvgIpc) is 3.30. The van der Waals surface area contributed by atoms with Gasteiger partial charge in [0.2, 0.25) is 5.95 Å². The molecule has 3 heterocycles. The first kappa shape index (κ1) is 15.0. The number of aryl methyl sites for hydroxylation is 1. The van der Waals surface area contributed by atoms with Crippen LogP contribution in [0.15, 0.2) is 30.5 Å². The molecule has 2 aromatic heterocycles. The molecule has 0 amide bonds. The first-order chi connectivity index (χ1) is 12.1. The molecule has 5 rings (SSSR count). The fourth-order valence-electron chi connectivity index (χ4n) is 3.57. The maximum atomic E-state index is 14.8. The number of rotatable bonds is 2. The number of aromatic nitrogens is 2. The summed E-state index contributed by atoms with van der Waals surface area (Å²) in [7, 11) is 0. The van der Waals surface area contributed by atoms with Gasteiger partial charge in [0, 0.05) is 46.7 Å². The Morgan fingerprint density at radius 3 is 2.72 bits per heavy atom. The van der Waals surface area contributed by atoms with Gasteiger partial charge in [-0.2, -0.15) is 8.76 Å². The third-order valence-electron chi connectivity index (χ3n) is 4.90. The summed E-state index contributed by atoms with van der Waals surface area (Å²) in [5.74, 6) is -0.842. The molecule has 0 saturated heterocycles. The molecule has 0 N–H and O–H groups in total. The van der Waals surface area contributed by atoms with Crippen LogP contribution in [0.1, 0.15) is 29.7 Å². The summed E-state index contributed by atoms with van der Waals surface area (Å²) in [4.78, 5) is 6.15. The van der Waals surface area contributed by atoms with Gasteiger partial charge in [-0.3, -0.25) is 0 Å². The summed E-state index contributed by atoms with van der Waals surface area (Å²) in [5.41, 5.74) is 4.78. The molecule has 0 atom stereocenters. The van der Waals surface area contributed by atoms with Crippen molar-refractivity contribution < 1.29 is 8.78 Å². The lowest BCUT2D eigenvalue weighted by molar-refractivity contribution is 0.580. The van der Waals surface area contributed by atoms with Crippen molar-refractivity contribution in [2.75, 3.05) is 4.90 Å². The Labute approximate surface area is 148 Å². The number of nitrogens with zero attached hydrogens (tertiary/aromatic N) is 3. The van der Waals surface area contributed by atoms with E-state index in [0.29, 0.717) is 29.3 Å². The number of halogens is 2. The van der Waals surface area contributed by atoms with Crippen LogP contribution in [-0.4, -0.2) is 15.4 Å². The summed E-state index contributed by atoms with van der Waals surface area (Å²) in [6, 6.07) is 6.85. The monoisotopic (exact) mass is 355 g/mol. The third-order valence-corrected chi connectivity index (χ3v) is 5.75. The summed E-state index contributed by atoms with van der Waals surface area (Å²) in [5, 5.41) is 1.17. The second-order valence-electron chi connectivity index (χ2n) is 6.66. The normalized spacial score (nSPS) is 15.9. The van der Waals surface area contributed by atoms with Crippen molar-refractivity contribution >= 4 is 22.2 Å². The highest BCUT2D eigenvalue weighted by Gasteiger charge is 2.37. The minimum absolute atomic E-state index is 0.294. The van der Waals surface area contributed by atoms with Crippen LogP contribution in [0.25, 0.3) is 11.1 Å². The highest BCUT2D eigenvalue weighted by Crippen LogP contribution is 2.48. The average molecular weight is 355 g/mol. The number of benzene rings is 1. The minimum Gasteiger partial charge on any atom is -0.328 e. The largest absolute Gasteiger partial charge is 0.328 e. The Balaban J connectivity index is 1.70. The molecule has 1 fully saturated rings. The maximum absolute atomic E-state index is 14.8. The summed E-state index contributed by atoms with van der Waals surface area (Å²) in [6.07, 6.45) is 4.86. The highest BCUT2D eigenvalue weighted by atomic mass is 32.1. The van der Waals surface area contributed by atoms with Crippen molar-refractivity contribution in [3.63, 3.8) is 0 Å². The molecule has 0 spiro atoms. The molecule has 3 nitrogen and oxygen atoms in total. The number of hydrogen-bond donors (Lipinski definition) is 0. The van der Waals surface area contributed by atoms with Gasteiger partial charge in [0.05, 0.1) is 0 Å². The molecule has 1 aromatic carbocycles. The Hall–Kier alpha value is -2.34. The van der Waals surface area contributed by atoms with Gasteiger partial charge in [-0.25, -0.2) is 9.37 Å². The van der Waals surface area contributed by atoms with Crippen LogP contribution in [0, 0.1) is 18.7 Å². The van der Waals surface area contributed by atoms with Crippen molar-refractivity contribution in [2.45, 2.75) is 32.2 Å². The Morgan fingerprint density at radius 1 is 1.12 bits per heavy atom. The van der Waals surface area contributed by atoms with E-state index in [-0.39, 0.29) is 5.82 Å². The highest BCUT2D eigenvalue weighted by molar-refractivity contribution is 7.10. The van der Waals surface area contributed by atoms with Crippen molar-refractivity contribution in [1.82, 2.24) is 9.36 Å². The van der Waals surface area contributed by atoms with E-state index >= 15 is 0 Å². The van der Waals surface area contributed by atoms with E-state index in [4.69, 9.17) is 0 Å². The van der Waals surface area contributed by atoms with Gasteiger partial charge in [0.1, 0.15) is 10.8 Å². The summed E-state index contributed by atoms with van der Waals surface area (Å²) < 4.78 is 32.5. The maximum Gasteiger partial charge on any atom is 0.213 e. The third kappa shape index (κ3) is 2.35. The van der Waals surface area contributed by atoms with Crippen LogP contribution in [0.3, 0.4) is 0 Å². The van der Waals surface area contributed by atoms with E-state index in [1.807, 2.05) is 12.3 Å². The van der Waals surface area contributed by atoms with Gasteiger partial charge in [-0.05, 0) is 61.1 Å². The van der Waals surface area contributed by atoms with Crippen molar-refractivity contribution in [3.8, 4) is 11.1 Å². The lowest BCUT2D eigenvalue weighted by Crippen LogP contribution is -2.24. The van der Waals surface area contributed by atoms with Gasteiger partial charge < -0.3 is 4.90 Å². The van der Waals surface area contributed by atoms with E-state index < -0.39 is 5.95 Å². The van der Waals surface area contributed by atoms with Crippen LogP contribution in [0.5, 0.6) is 0 Å². The fourth-order valence-corrected chi connectivity index (χ4v) is 4.43. The van der Waals surface area contributed by atoms with E-state index in [9.17, 15) is 8.78 Å². The summed E-state index contributed by atoms with van der Waals surface area (Å²) >= 11 is 1.50. The summed E-state index contributed by atoms with van der Waals surface area (Å²) in [6.45, 7) is 1.71. The van der Waals surface area contributed by atoms with Crippen LogP contribution >= 0.6 is 11.5 Å². The lowest BCUT2D eigenvalue weighted by Gasteiger charge is -2.31. The Morgan fingerprint density at radius 2 is 1.96 bits per heavy atom. The molecule has 1 saturated carbocycles. The molecule has 3 aromatic rings. The topological polar surface area (TPSA) is 29.0 Å².